The van der Waals surface area contributed by atoms with Gasteiger partial charge in [0, 0.05) is 12.8 Å². The van der Waals surface area contributed by atoms with E-state index in [1.165, 1.54) is 32.1 Å². The Labute approximate surface area is 257 Å². The molecule has 0 aromatic heterocycles. The highest BCUT2D eigenvalue weighted by Gasteiger charge is 2.12. The van der Waals surface area contributed by atoms with Gasteiger partial charge in [0.15, 0.2) is 0 Å². The summed E-state index contributed by atoms with van der Waals surface area (Å²) in [5, 5.41) is 19.2. The highest BCUT2D eigenvalue weighted by molar-refractivity contribution is 5.69. The first kappa shape index (κ1) is 39.8. The van der Waals surface area contributed by atoms with Crippen molar-refractivity contribution in [3.8, 4) is 0 Å². The molecule has 0 rings (SSSR count). The minimum atomic E-state index is -0.993. The van der Waals surface area contributed by atoms with E-state index in [4.69, 9.17) is 9.47 Å². The van der Waals surface area contributed by atoms with Gasteiger partial charge in [-0.2, -0.15) is 0 Å². The lowest BCUT2D eigenvalue weighted by atomic mass is 10.00. The third-order valence-electron chi connectivity index (χ3n) is 7.13. The van der Waals surface area contributed by atoms with Crippen LogP contribution in [0.3, 0.4) is 0 Å². The van der Waals surface area contributed by atoms with Crippen molar-refractivity contribution >= 4 is 11.9 Å². The first-order chi connectivity index (χ1) is 20.3. The molecule has 0 spiro atoms. The molecule has 3 atom stereocenters. The van der Waals surface area contributed by atoms with Crippen LogP contribution in [0, 0.1) is 5.92 Å². The summed E-state index contributed by atoms with van der Waals surface area (Å²) in [6.07, 6.45) is 33.0. The Morgan fingerprint density at radius 3 is 1.57 bits per heavy atom. The van der Waals surface area contributed by atoms with Crippen LogP contribution in [0.4, 0.5) is 0 Å². The molecule has 0 aromatic rings. The Morgan fingerprint density at radius 1 is 0.595 bits per heavy atom. The minimum Gasteiger partial charge on any atom is -0.463 e. The van der Waals surface area contributed by atoms with Gasteiger partial charge >= 0.3 is 11.9 Å². The number of hydrogen-bond donors (Lipinski definition) is 2. The zero-order valence-electron chi connectivity index (χ0n) is 27.0. The number of esters is 2. The van der Waals surface area contributed by atoms with Gasteiger partial charge in [0.2, 0.25) is 0 Å². The number of aliphatic hydroxyl groups is 2. The second-order valence-electron chi connectivity index (χ2n) is 11.5. The van der Waals surface area contributed by atoms with Crippen molar-refractivity contribution in [3.05, 3.63) is 48.6 Å². The zero-order valence-corrected chi connectivity index (χ0v) is 27.0. The Balaban J connectivity index is 3.61. The lowest BCUT2D eigenvalue weighted by molar-refractivity contribution is -0.152. The lowest BCUT2D eigenvalue weighted by Crippen LogP contribution is -2.25. The number of carbonyl (C=O) groups excluding carboxylic acids is 2. The van der Waals surface area contributed by atoms with Crippen LogP contribution < -0.4 is 0 Å². The molecule has 2 N–H and O–H groups in total. The Morgan fingerprint density at radius 2 is 1.05 bits per heavy atom. The number of allylic oxidation sites excluding steroid dienone is 8. The quantitative estimate of drug-likeness (QED) is 0.0538. The van der Waals surface area contributed by atoms with E-state index in [1.54, 1.807) is 0 Å². The smallest absolute Gasteiger partial charge is 0.305 e. The van der Waals surface area contributed by atoms with Crippen LogP contribution in [0.5, 0.6) is 0 Å². The Bertz CT molecular complexity index is 752. The normalized spacial score (nSPS) is 14.3. The fourth-order valence-corrected chi connectivity index (χ4v) is 4.19. The number of aliphatic hydroxyl groups excluding tert-OH is 2. The Kier molecular flexibility index (Phi) is 28.7. The maximum atomic E-state index is 11.9. The van der Waals surface area contributed by atoms with E-state index in [0.29, 0.717) is 19.3 Å². The predicted octanol–water partition coefficient (Wildman–Crippen LogP) is 8.72. The van der Waals surface area contributed by atoms with Crippen LogP contribution in [-0.4, -0.2) is 47.6 Å². The summed E-state index contributed by atoms with van der Waals surface area (Å²) < 4.78 is 10.2. The average Bonchev–Trinajstić information content (AvgIpc) is 2.97. The van der Waals surface area contributed by atoms with E-state index in [-0.39, 0.29) is 31.3 Å². The molecule has 0 saturated carbocycles. The van der Waals surface area contributed by atoms with Crippen molar-refractivity contribution in [2.75, 3.05) is 13.2 Å². The molecule has 6 nitrogen and oxygen atoms in total. The van der Waals surface area contributed by atoms with Crippen molar-refractivity contribution in [1.29, 1.82) is 0 Å². The van der Waals surface area contributed by atoms with Crippen LogP contribution in [0.15, 0.2) is 48.6 Å². The van der Waals surface area contributed by atoms with Crippen LogP contribution in [0.25, 0.3) is 0 Å². The molecule has 1 unspecified atom stereocenters. The fourth-order valence-electron chi connectivity index (χ4n) is 4.19. The number of hydrogen-bond acceptors (Lipinski definition) is 6. The van der Waals surface area contributed by atoms with E-state index in [9.17, 15) is 19.8 Å². The number of ether oxygens (including phenoxy) is 2. The fraction of sp³-hybridized carbons (Fsp3) is 0.722. The molecular formula is C36H62O6. The molecular weight excluding hydrogens is 528 g/mol. The highest BCUT2D eigenvalue weighted by atomic mass is 16.6. The largest absolute Gasteiger partial charge is 0.463 e. The number of unbranched alkanes of at least 4 members (excludes halogenated alkanes) is 7. The van der Waals surface area contributed by atoms with Gasteiger partial charge in [-0.05, 0) is 70.6 Å². The van der Waals surface area contributed by atoms with E-state index < -0.39 is 6.10 Å². The van der Waals surface area contributed by atoms with Gasteiger partial charge in [0.25, 0.3) is 0 Å². The van der Waals surface area contributed by atoms with Gasteiger partial charge in [0.1, 0.15) is 19.3 Å². The first-order valence-electron chi connectivity index (χ1n) is 16.6. The summed E-state index contributed by atoms with van der Waals surface area (Å²) in [4.78, 5) is 23.7. The van der Waals surface area contributed by atoms with Crippen LogP contribution >= 0.6 is 0 Å². The van der Waals surface area contributed by atoms with Gasteiger partial charge in [-0.1, -0.05) is 107 Å². The standard InChI is InChI=1S/C36H62O6/c1-4-32(2)26-22-18-16-17-21-25-29-36(40)42-31-34(38)30-41-35(39)28-24-20-15-13-11-9-7-5-6-8-10-12-14-19-23-27-33(3)37/h6-9,12-15,32-34,37-38H,4-5,10-11,16-31H2,1-3H3/b8-6-,9-7-,14-12-,15-13-/t32?,33-,34-/m1/s1. The van der Waals surface area contributed by atoms with Gasteiger partial charge in [-0.15, -0.1) is 0 Å². The zero-order chi connectivity index (χ0) is 31.1. The number of carbonyl (C=O) groups is 2. The van der Waals surface area contributed by atoms with E-state index >= 15 is 0 Å². The van der Waals surface area contributed by atoms with E-state index in [2.05, 4.69) is 62.5 Å². The number of rotatable bonds is 28. The summed E-state index contributed by atoms with van der Waals surface area (Å²) in [6, 6.07) is 0. The van der Waals surface area contributed by atoms with Crippen molar-refractivity contribution in [3.63, 3.8) is 0 Å². The minimum absolute atomic E-state index is 0.142. The van der Waals surface area contributed by atoms with Gasteiger partial charge < -0.3 is 19.7 Å². The molecule has 242 valence electrons. The first-order valence-corrected chi connectivity index (χ1v) is 16.6. The molecule has 0 aromatic carbocycles. The van der Waals surface area contributed by atoms with Gasteiger partial charge in [0.05, 0.1) is 6.10 Å². The molecule has 0 aliphatic heterocycles. The maximum absolute atomic E-state index is 11.9. The molecule has 0 fully saturated rings. The second kappa shape index (κ2) is 30.3. The average molecular weight is 591 g/mol. The third kappa shape index (κ3) is 30.8. The molecule has 0 aliphatic rings. The van der Waals surface area contributed by atoms with E-state index in [0.717, 1.165) is 70.1 Å². The maximum Gasteiger partial charge on any atom is 0.305 e. The molecule has 0 bridgehead atoms. The monoisotopic (exact) mass is 590 g/mol. The van der Waals surface area contributed by atoms with Crippen molar-refractivity contribution in [1.82, 2.24) is 0 Å². The molecule has 0 heterocycles. The summed E-state index contributed by atoms with van der Waals surface area (Å²) in [5.74, 6) is 0.166. The highest BCUT2D eigenvalue weighted by Crippen LogP contribution is 2.14. The molecule has 0 aliphatic carbocycles. The summed E-state index contributed by atoms with van der Waals surface area (Å²) in [7, 11) is 0. The lowest BCUT2D eigenvalue weighted by Gasteiger charge is -2.12. The van der Waals surface area contributed by atoms with Crippen LogP contribution in [0.2, 0.25) is 0 Å². The third-order valence-corrected chi connectivity index (χ3v) is 7.13. The summed E-state index contributed by atoms with van der Waals surface area (Å²) in [6.45, 7) is 6.08. The molecule has 0 saturated heterocycles. The predicted molar refractivity (Wildman–Crippen MR) is 174 cm³/mol. The van der Waals surface area contributed by atoms with Gasteiger partial charge in [-0.25, -0.2) is 0 Å². The van der Waals surface area contributed by atoms with Crippen molar-refractivity contribution in [2.24, 2.45) is 5.92 Å². The molecule has 6 heteroatoms. The molecule has 0 radical (unpaired) electrons. The Hall–Kier alpha value is -2.18. The SMILES string of the molecule is CCC(C)CCCCCCCCC(=O)OC[C@H](O)COC(=O)CCC/C=C\C/C=C\C/C=C\C/C=C\CCC[C@@H](C)O. The van der Waals surface area contributed by atoms with Crippen molar-refractivity contribution in [2.45, 2.75) is 149 Å². The molecule has 42 heavy (non-hydrogen) atoms. The van der Waals surface area contributed by atoms with Crippen LogP contribution in [0.1, 0.15) is 136 Å². The summed E-state index contributed by atoms with van der Waals surface area (Å²) >= 11 is 0. The van der Waals surface area contributed by atoms with E-state index in [1.807, 2.05) is 6.92 Å². The van der Waals surface area contributed by atoms with Crippen molar-refractivity contribution < 1.29 is 29.3 Å². The summed E-state index contributed by atoms with van der Waals surface area (Å²) in [5.41, 5.74) is 0. The van der Waals surface area contributed by atoms with Gasteiger partial charge in [-0.3, -0.25) is 9.59 Å². The molecule has 0 amide bonds. The topological polar surface area (TPSA) is 93.1 Å². The van der Waals surface area contributed by atoms with Crippen LogP contribution in [-0.2, 0) is 19.1 Å². The second-order valence-corrected chi connectivity index (χ2v) is 11.5.